The molecule has 0 saturated carbocycles. The smallest absolute Gasteiger partial charge is 0.155 e. The number of hydrogen-bond donors (Lipinski definition) is 1. The molecule has 1 N–H and O–H groups in total. The van der Waals surface area contributed by atoms with Crippen molar-refractivity contribution >= 4 is 0 Å². The molecule has 0 bridgehead atoms. The Morgan fingerprint density at radius 1 is 1.35 bits per heavy atom. The van der Waals surface area contributed by atoms with Crippen molar-refractivity contribution in [2.75, 3.05) is 20.2 Å². The van der Waals surface area contributed by atoms with Crippen molar-refractivity contribution in [1.82, 2.24) is 29.9 Å². The van der Waals surface area contributed by atoms with Gasteiger partial charge in [-0.3, -0.25) is 10.00 Å². The highest BCUT2D eigenvalue weighted by atomic mass is 16.5. The third kappa shape index (κ3) is 3.48. The molecule has 4 rings (SSSR count). The van der Waals surface area contributed by atoms with E-state index >= 15 is 0 Å². The van der Waals surface area contributed by atoms with E-state index in [4.69, 9.17) is 4.74 Å². The number of aromatic nitrogens is 5. The third-order valence-corrected chi connectivity index (χ3v) is 4.92. The maximum atomic E-state index is 5.44. The Morgan fingerprint density at radius 3 is 3.00 bits per heavy atom. The molecule has 0 radical (unpaired) electrons. The van der Waals surface area contributed by atoms with Crippen LogP contribution < -0.4 is 4.74 Å². The Morgan fingerprint density at radius 2 is 2.27 bits per heavy atom. The first-order chi connectivity index (χ1) is 12.7. The molecule has 0 unspecified atom stereocenters. The molecule has 1 fully saturated rings. The maximum absolute atomic E-state index is 5.44. The molecule has 7 nitrogen and oxygen atoms in total. The quantitative estimate of drug-likeness (QED) is 0.764. The molecule has 136 valence electrons. The number of aromatic amines is 1. The molecule has 3 aromatic rings. The van der Waals surface area contributed by atoms with Gasteiger partial charge in [0.1, 0.15) is 11.6 Å². The topological polar surface area (TPSA) is 71.9 Å². The van der Waals surface area contributed by atoms with Crippen LogP contribution in [0.5, 0.6) is 5.75 Å². The van der Waals surface area contributed by atoms with Crippen molar-refractivity contribution in [3.05, 3.63) is 53.9 Å². The molecular weight excluding hydrogens is 328 g/mol. The molecule has 1 atom stereocenters. The Kier molecular flexibility index (Phi) is 4.71. The molecule has 1 aliphatic heterocycles. The second kappa shape index (κ2) is 7.29. The van der Waals surface area contributed by atoms with Gasteiger partial charge in [0, 0.05) is 31.4 Å². The number of aryl methyl sites for hydroxylation is 1. The van der Waals surface area contributed by atoms with E-state index in [9.17, 15) is 0 Å². The van der Waals surface area contributed by atoms with Gasteiger partial charge in [0.2, 0.25) is 0 Å². The average Bonchev–Trinajstić information content (AvgIpc) is 3.34. The van der Waals surface area contributed by atoms with E-state index < -0.39 is 0 Å². The van der Waals surface area contributed by atoms with E-state index in [0.29, 0.717) is 5.92 Å². The monoisotopic (exact) mass is 352 g/mol. The van der Waals surface area contributed by atoms with Gasteiger partial charge < -0.3 is 4.74 Å². The van der Waals surface area contributed by atoms with Crippen LogP contribution in [0.15, 0.2) is 36.7 Å². The predicted octanol–water partition coefficient (Wildman–Crippen LogP) is 2.69. The Hall–Kier alpha value is -2.67. The van der Waals surface area contributed by atoms with Gasteiger partial charge in [-0.15, -0.1) is 0 Å². The lowest BCUT2D eigenvalue weighted by Crippen LogP contribution is -2.34. The van der Waals surface area contributed by atoms with Gasteiger partial charge in [-0.1, -0.05) is 0 Å². The Bertz CT molecular complexity index is 857. The fraction of sp³-hybridized carbons (Fsp3) is 0.421. The molecule has 26 heavy (non-hydrogen) atoms. The summed E-state index contributed by atoms with van der Waals surface area (Å²) in [7, 11) is 1.70. The number of nitrogens with one attached hydrogen (secondary N) is 1. The van der Waals surface area contributed by atoms with Crippen LogP contribution in [0.25, 0.3) is 5.69 Å². The van der Waals surface area contributed by atoms with Gasteiger partial charge in [0.15, 0.2) is 5.82 Å². The van der Waals surface area contributed by atoms with E-state index in [1.807, 2.05) is 29.9 Å². The van der Waals surface area contributed by atoms with Gasteiger partial charge in [-0.05, 0) is 56.1 Å². The number of nitrogens with zero attached hydrogens (tertiary/aromatic N) is 5. The van der Waals surface area contributed by atoms with Crippen LogP contribution in [0.4, 0.5) is 0 Å². The fourth-order valence-corrected chi connectivity index (χ4v) is 3.64. The SMILES string of the molecule is COc1ccc(-n2cccn2)c(CN2CCC[C@H](c3n[nH]c(C)n3)C2)c1. The van der Waals surface area contributed by atoms with Crippen LogP contribution >= 0.6 is 0 Å². The Balaban J connectivity index is 1.56. The zero-order valence-corrected chi connectivity index (χ0v) is 15.2. The largest absolute Gasteiger partial charge is 0.497 e. The average molecular weight is 352 g/mol. The van der Waals surface area contributed by atoms with E-state index in [1.165, 1.54) is 5.56 Å². The summed E-state index contributed by atoms with van der Waals surface area (Å²) in [6.45, 7) is 4.85. The number of H-pyrrole nitrogens is 1. The molecule has 0 spiro atoms. The highest BCUT2D eigenvalue weighted by Crippen LogP contribution is 2.28. The minimum atomic E-state index is 0.382. The summed E-state index contributed by atoms with van der Waals surface area (Å²) >= 11 is 0. The highest BCUT2D eigenvalue weighted by Gasteiger charge is 2.25. The van der Waals surface area contributed by atoms with Gasteiger partial charge in [-0.25, -0.2) is 9.67 Å². The molecule has 0 amide bonds. The molecule has 3 heterocycles. The van der Waals surface area contributed by atoms with Gasteiger partial charge >= 0.3 is 0 Å². The van der Waals surface area contributed by atoms with Crippen LogP contribution in [-0.4, -0.2) is 50.1 Å². The minimum Gasteiger partial charge on any atom is -0.497 e. The maximum Gasteiger partial charge on any atom is 0.155 e. The van der Waals surface area contributed by atoms with E-state index in [0.717, 1.165) is 55.6 Å². The van der Waals surface area contributed by atoms with Crippen molar-refractivity contribution in [1.29, 1.82) is 0 Å². The van der Waals surface area contributed by atoms with Crippen molar-refractivity contribution in [2.24, 2.45) is 0 Å². The number of likely N-dealkylation sites (tertiary alicyclic amines) is 1. The first-order valence-corrected chi connectivity index (χ1v) is 9.01. The van der Waals surface area contributed by atoms with Gasteiger partial charge in [-0.2, -0.15) is 10.2 Å². The summed E-state index contributed by atoms with van der Waals surface area (Å²) in [5.74, 6) is 3.07. The Labute approximate surface area is 153 Å². The zero-order valence-electron chi connectivity index (χ0n) is 15.2. The second-order valence-corrected chi connectivity index (χ2v) is 6.80. The van der Waals surface area contributed by atoms with Crippen LogP contribution in [-0.2, 0) is 6.54 Å². The summed E-state index contributed by atoms with van der Waals surface area (Å²) < 4.78 is 7.35. The fourth-order valence-electron chi connectivity index (χ4n) is 3.64. The molecule has 1 aliphatic rings. The number of benzene rings is 1. The van der Waals surface area contributed by atoms with Gasteiger partial charge in [0.25, 0.3) is 0 Å². The molecule has 1 saturated heterocycles. The number of ether oxygens (including phenoxy) is 1. The van der Waals surface area contributed by atoms with Crippen molar-refractivity contribution < 1.29 is 4.74 Å². The summed E-state index contributed by atoms with van der Waals surface area (Å²) in [6.07, 6.45) is 6.06. The normalized spacial score (nSPS) is 18.2. The van der Waals surface area contributed by atoms with E-state index in [1.54, 1.807) is 13.3 Å². The van der Waals surface area contributed by atoms with Crippen molar-refractivity contribution in [2.45, 2.75) is 32.2 Å². The first-order valence-electron chi connectivity index (χ1n) is 9.01. The summed E-state index contributed by atoms with van der Waals surface area (Å²) in [4.78, 5) is 7.01. The van der Waals surface area contributed by atoms with E-state index in [-0.39, 0.29) is 0 Å². The number of rotatable bonds is 5. The lowest BCUT2D eigenvalue weighted by atomic mass is 9.96. The van der Waals surface area contributed by atoms with Crippen LogP contribution in [0.3, 0.4) is 0 Å². The predicted molar refractivity (Wildman–Crippen MR) is 98.5 cm³/mol. The third-order valence-electron chi connectivity index (χ3n) is 4.92. The number of hydrogen-bond acceptors (Lipinski definition) is 5. The van der Waals surface area contributed by atoms with Crippen LogP contribution in [0.1, 0.15) is 36.0 Å². The van der Waals surface area contributed by atoms with E-state index in [2.05, 4.69) is 37.3 Å². The van der Waals surface area contributed by atoms with Crippen molar-refractivity contribution in [3.8, 4) is 11.4 Å². The summed E-state index contributed by atoms with van der Waals surface area (Å²) in [5.41, 5.74) is 2.30. The lowest BCUT2D eigenvalue weighted by molar-refractivity contribution is 0.196. The molecule has 7 heteroatoms. The number of piperidine rings is 1. The molecule has 1 aromatic carbocycles. The zero-order chi connectivity index (χ0) is 17.9. The lowest BCUT2D eigenvalue weighted by Gasteiger charge is -2.32. The van der Waals surface area contributed by atoms with Gasteiger partial charge in [0.05, 0.1) is 12.8 Å². The molecule has 2 aromatic heterocycles. The van der Waals surface area contributed by atoms with Crippen molar-refractivity contribution in [3.63, 3.8) is 0 Å². The summed E-state index contributed by atoms with van der Waals surface area (Å²) in [5, 5.41) is 11.7. The summed E-state index contributed by atoms with van der Waals surface area (Å²) in [6, 6.07) is 8.10. The first kappa shape index (κ1) is 16.8. The standard InChI is InChI=1S/C19H24N6O/c1-14-21-19(23-22-14)15-5-3-9-24(12-15)13-16-11-17(26-2)6-7-18(16)25-10-4-8-20-25/h4,6-8,10-11,15H,3,5,9,12-13H2,1-2H3,(H,21,22,23)/t15-/m0/s1. The minimum absolute atomic E-state index is 0.382. The second-order valence-electron chi connectivity index (χ2n) is 6.80. The molecule has 0 aliphatic carbocycles. The van der Waals surface area contributed by atoms with Crippen LogP contribution in [0, 0.1) is 6.92 Å². The molecular formula is C19H24N6O. The number of methoxy groups -OCH3 is 1. The van der Waals surface area contributed by atoms with Crippen LogP contribution in [0.2, 0.25) is 0 Å². The highest BCUT2D eigenvalue weighted by molar-refractivity contribution is 5.45.